The van der Waals surface area contributed by atoms with E-state index in [0.29, 0.717) is 13.0 Å². The fraction of sp³-hybridized carbons (Fsp3) is 0.409. The van der Waals surface area contributed by atoms with Crippen LogP contribution in [0.3, 0.4) is 0 Å². The Hall–Kier alpha value is -2.33. The summed E-state index contributed by atoms with van der Waals surface area (Å²) >= 11 is 0. The van der Waals surface area contributed by atoms with Gasteiger partial charge >= 0.3 is 0 Å². The third-order valence-corrected chi connectivity index (χ3v) is 4.69. The minimum atomic E-state index is 0.0879. The standard InChI is InChI=1S/C22H30N2O2/c1-5-17-6-8-18(9-7-17)10-15-22(25)23-16-21(24(2)3)19-11-13-20(26-4)14-12-19/h6-9,11-14,21H,5,10,15-16H2,1-4H3,(H,23,25). The molecule has 4 nitrogen and oxygen atoms in total. The lowest BCUT2D eigenvalue weighted by Crippen LogP contribution is -2.34. The summed E-state index contributed by atoms with van der Waals surface area (Å²) in [5.41, 5.74) is 3.69. The molecule has 0 aromatic heterocycles. The van der Waals surface area contributed by atoms with E-state index in [1.807, 2.05) is 38.4 Å². The molecule has 0 saturated heterocycles. The number of rotatable bonds is 9. The number of methoxy groups -OCH3 is 1. The van der Waals surface area contributed by atoms with E-state index < -0.39 is 0 Å². The maximum atomic E-state index is 12.2. The lowest BCUT2D eigenvalue weighted by atomic mass is 10.0. The average Bonchev–Trinajstić information content (AvgIpc) is 2.67. The van der Waals surface area contributed by atoms with Crippen molar-refractivity contribution in [2.75, 3.05) is 27.7 Å². The maximum Gasteiger partial charge on any atom is 0.220 e. The molecule has 0 aliphatic heterocycles. The molecule has 0 aliphatic rings. The molecule has 2 aromatic carbocycles. The molecule has 0 saturated carbocycles. The molecule has 1 unspecified atom stereocenters. The molecule has 1 atom stereocenters. The zero-order chi connectivity index (χ0) is 18.9. The molecule has 2 aromatic rings. The maximum absolute atomic E-state index is 12.2. The number of carbonyl (C=O) groups is 1. The van der Waals surface area contributed by atoms with Gasteiger partial charge in [-0.25, -0.2) is 0 Å². The number of hydrogen-bond donors (Lipinski definition) is 1. The van der Waals surface area contributed by atoms with Gasteiger partial charge in [-0.15, -0.1) is 0 Å². The van der Waals surface area contributed by atoms with E-state index in [1.165, 1.54) is 11.1 Å². The summed E-state index contributed by atoms with van der Waals surface area (Å²) < 4.78 is 5.21. The highest BCUT2D eigenvalue weighted by atomic mass is 16.5. The van der Waals surface area contributed by atoms with E-state index in [2.05, 4.69) is 41.4 Å². The topological polar surface area (TPSA) is 41.6 Å². The highest BCUT2D eigenvalue weighted by molar-refractivity contribution is 5.76. The van der Waals surface area contributed by atoms with E-state index in [0.717, 1.165) is 24.2 Å². The first-order chi connectivity index (χ1) is 12.5. The lowest BCUT2D eigenvalue weighted by Gasteiger charge is -2.25. The molecule has 4 heteroatoms. The van der Waals surface area contributed by atoms with E-state index in [9.17, 15) is 4.79 Å². The Morgan fingerprint density at radius 3 is 2.19 bits per heavy atom. The SMILES string of the molecule is CCc1ccc(CCC(=O)NCC(c2ccc(OC)cc2)N(C)C)cc1. The summed E-state index contributed by atoms with van der Waals surface area (Å²) in [5, 5.41) is 3.07. The predicted octanol–water partition coefficient (Wildman–Crippen LogP) is 3.61. The number of carbonyl (C=O) groups excluding carboxylic acids is 1. The van der Waals surface area contributed by atoms with Crippen molar-refractivity contribution >= 4 is 5.91 Å². The lowest BCUT2D eigenvalue weighted by molar-refractivity contribution is -0.121. The molecular weight excluding hydrogens is 324 g/mol. The van der Waals surface area contributed by atoms with Gasteiger partial charge in [0, 0.05) is 13.0 Å². The fourth-order valence-electron chi connectivity index (χ4n) is 2.92. The number of likely N-dealkylation sites (N-methyl/N-ethyl adjacent to an activating group) is 1. The van der Waals surface area contributed by atoms with Crippen LogP contribution in [0.15, 0.2) is 48.5 Å². The van der Waals surface area contributed by atoms with Crippen LogP contribution >= 0.6 is 0 Å². The van der Waals surface area contributed by atoms with E-state index >= 15 is 0 Å². The second-order valence-electron chi connectivity index (χ2n) is 6.73. The van der Waals surface area contributed by atoms with Crippen molar-refractivity contribution in [1.82, 2.24) is 10.2 Å². The van der Waals surface area contributed by atoms with Crippen LogP contribution in [-0.2, 0) is 17.6 Å². The average molecular weight is 354 g/mol. The number of hydrogen-bond acceptors (Lipinski definition) is 3. The summed E-state index contributed by atoms with van der Waals surface area (Å²) in [6, 6.07) is 16.6. The number of nitrogens with zero attached hydrogens (tertiary/aromatic N) is 1. The van der Waals surface area contributed by atoms with Crippen LogP contribution in [0, 0.1) is 0 Å². The molecule has 0 heterocycles. The third-order valence-electron chi connectivity index (χ3n) is 4.69. The zero-order valence-electron chi connectivity index (χ0n) is 16.3. The second-order valence-corrected chi connectivity index (χ2v) is 6.73. The molecule has 140 valence electrons. The van der Waals surface area contributed by atoms with Gasteiger partial charge in [-0.2, -0.15) is 0 Å². The van der Waals surface area contributed by atoms with Gasteiger partial charge in [0.15, 0.2) is 0 Å². The summed E-state index contributed by atoms with van der Waals surface area (Å²) in [4.78, 5) is 14.4. The van der Waals surface area contributed by atoms with E-state index in [4.69, 9.17) is 4.74 Å². The van der Waals surface area contributed by atoms with Crippen LogP contribution in [0.2, 0.25) is 0 Å². The highest BCUT2D eigenvalue weighted by Gasteiger charge is 2.15. The predicted molar refractivity (Wildman–Crippen MR) is 107 cm³/mol. The summed E-state index contributed by atoms with van der Waals surface area (Å²) in [5.74, 6) is 0.925. The van der Waals surface area contributed by atoms with Crippen molar-refractivity contribution in [2.45, 2.75) is 32.2 Å². The molecule has 26 heavy (non-hydrogen) atoms. The molecule has 0 spiro atoms. The number of nitrogens with one attached hydrogen (secondary N) is 1. The smallest absolute Gasteiger partial charge is 0.220 e. The van der Waals surface area contributed by atoms with E-state index in [-0.39, 0.29) is 11.9 Å². The van der Waals surface area contributed by atoms with E-state index in [1.54, 1.807) is 7.11 Å². The van der Waals surface area contributed by atoms with Crippen molar-refractivity contribution in [3.63, 3.8) is 0 Å². The van der Waals surface area contributed by atoms with Crippen molar-refractivity contribution in [3.05, 3.63) is 65.2 Å². The van der Waals surface area contributed by atoms with Crippen LogP contribution < -0.4 is 10.1 Å². The summed E-state index contributed by atoms with van der Waals surface area (Å²) in [6.07, 6.45) is 2.32. The second kappa shape index (κ2) is 9.97. The highest BCUT2D eigenvalue weighted by Crippen LogP contribution is 2.20. The van der Waals surface area contributed by atoms with Gasteiger partial charge in [-0.05, 0) is 55.8 Å². The molecule has 0 aliphatic carbocycles. The van der Waals surface area contributed by atoms with Gasteiger partial charge in [-0.1, -0.05) is 43.3 Å². The summed E-state index contributed by atoms with van der Waals surface area (Å²) in [6.45, 7) is 2.74. The molecular formula is C22H30N2O2. The Kier molecular flexibility index (Phi) is 7.67. The Labute approximate surface area is 157 Å². The molecule has 1 N–H and O–H groups in total. The van der Waals surface area contributed by atoms with Gasteiger partial charge in [-0.3, -0.25) is 4.79 Å². The van der Waals surface area contributed by atoms with Crippen LogP contribution in [0.5, 0.6) is 5.75 Å². The fourth-order valence-corrected chi connectivity index (χ4v) is 2.92. The number of ether oxygens (including phenoxy) is 1. The van der Waals surface area contributed by atoms with Crippen LogP contribution in [0.25, 0.3) is 0 Å². The van der Waals surface area contributed by atoms with Gasteiger partial charge in [0.2, 0.25) is 5.91 Å². The monoisotopic (exact) mass is 354 g/mol. The number of aryl methyl sites for hydroxylation is 2. The number of benzene rings is 2. The van der Waals surface area contributed by atoms with Gasteiger partial charge in [0.1, 0.15) is 5.75 Å². The van der Waals surface area contributed by atoms with Crippen molar-refractivity contribution < 1.29 is 9.53 Å². The Balaban J connectivity index is 1.86. The van der Waals surface area contributed by atoms with Gasteiger partial charge in [0.25, 0.3) is 0 Å². The first-order valence-corrected chi connectivity index (χ1v) is 9.18. The first kappa shape index (κ1) is 20.0. The van der Waals surface area contributed by atoms with Crippen molar-refractivity contribution in [3.8, 4) is 5.75 Å². The zero-order valence-corrected chi connectivity index (χ0v) is 16.3. The Morgan fingerprint density at radius 2 is 1.65 bits per heavy atom. The molecule has 0 radical (unpaired) electrons. The first-order valence-electron chi connectivity index (χ1n) is 9.18. The normalized spacial score (nSPS) is 12.0. The molecule has 0 bridgehead atoms. The van der Waals surface area contributed by atoms with Crippen molar-refractivity contribution in [1.29, 1.82) is 0 Å². The minimum Gasteiger partial charge on any atom is -0.497 e. The van der Waals surface area contributed by atoms with Crippen LogP contribution in [0.4, 0.5) is 0 Å². The largest absolute Gasteiger partial charge is 0.497 e. The summed E-state index contributed by atoms with van der Waals surface area (Å²) in [7, 11) is 5.71. The quantitative estimate of drug-likeness (QED) is 0.748. The number of amides is 1. The van der Waals surface area contributed by atoms with Crippen molar-refractivity contribution in [2.24, 2.45) is 0 Å². The van der Waals surface area contributed by atoms with Crippen LogP contribution in [-0.4, -0.2) is 38.6 Å². The van der Waals surface area contributed by atoms with Crippen LogP contribution in [0.1, 0.15) is 36.1 Å². The third kappa shape index (κ3) is 5.88. The minimum absolute atomic E-state index is 0.0879. The Morgan fingerprint density at radius 1 is 1.04 bits per heavy atom. The Bertz CT molecular complexity index is 678. The van der Waals surface area contributed by atoms with Gasteiger partial charge in [0.05, 0.1) is 13.2 Å². The molecule has 2 rings (SSSR count). The van der Waals surface area contributed by atoms with Gasteiger partial charge < -0.3 is 15.0 Å². The molecule has 1 amide bonds. The molecule has 0 fully saturated rings.